The maximum atomic E-state index is 14.1. The van der Waals surface area contributed by atoms with Crippen LogP contribution in [0.5, 0.6) is 0 Å². The second-order valence-corrected chi connectivity index (χ2v) is 6.81. The maximum absolute atomic E-state index is 14.1. The molecular formula is C17H22FNO4. The van der Waals surface area contributed by atoms with Crippen LogP contribution < -0.4 is 5.32 Å². The van der Waals surface area contributed by atoms with E-state index >= 15 is 0 Å². The van der Waals surface area contributed by atoms with E-state index in [-0.39, 0.29) is 6.42 Å². The van der Waals surface area contributed by atoms with Crippen molar-refractivity contribution in [2.75, 3.05) is 0 Å². The number of nitrogens with one attached hydrogen (secondary N) is 1. The summed E-state index contributed by atoms with van der Waals surface area (Å²) in [5.74, 6) is -1.65. The van der Waals surface area contributed by atoms with Gasteiger partial charge < -0.3 is 15.2 Å². The predicted molar refractivity (Wildman–Crippen MR) is 82.9 cm³/mol. The monoisotopic (exact) mass is 323 g/mol. The largest absolute Gasteiger partial charge is 0.480 e. The summed E-state index contributed by atoms with van der Waals surface area (Å²) in [5.41, 5.74) is 1.61. The van der Waals surface area contributed by atoms with Gasteiger partial charge in [-0.2, -0.15) is 0 Å². The van der Waals surface area contributed by atoms with Gasteiger partial charge in [0.05, 0.1) is 0 Å². The molecule has 1 atom stereocenters. The zero-order valence-corrected chi connectivity index (χ0v) is 13.6. The van der Waals surface area contributed by atoms with Crippen LogP contribution in [0.4, 0.5) is 9.18 Å². The number of alkyl carbamates (subject to hydrolysis) is 1. The number of aryl methyl sites for hydroxylation is 2. The molecule has 0 spiro atoms. The third-order valence-corrected chi connectivity index (χ3v) is 3.67. The standard InChI is InChI=1S/C17H22FNO4/c1-17(2,3)23-16(22)19-14(15(20)21)9-12-7-10-5-4-6-11(10)8-13(12)18/h7-8,14H,4-6,9H2,1-3H3,(H,19,22)(H,20,21)/t14-/m0/s1. The van der Waals surface area contributed by atoms with Crippen LogP contribution in [-0.4, -0.2) is 28.8 Å². The van der Waals surface area contributed by atoms with Crippen molar-refractivity contribution < 1.29 is 23.8 Å². The van der Waals surface area contributed by atoms with E-state index in [9.17, 15) is 19.1 Å². The number of carboxylic acid groups (broad SMARTS) is 1. The summed E-state index contributed by atoms with van der Waals surface area (Å²) >= 11 is 0. The first-order valence-electron chi connectivity index (χ1n) is 7.68. The van der Waals surface area contributed by atoms with E-state index in [4.69, 9.17) is 4.74 Å². The molecule has 6 heteroatoms. The molecule has 1 aromatic carbocycles. The molecule has 5 nitrogen and oxygen atoms in total. The Morgan fingerprint density at radius 2 is 1.91 bits per heavy atom. The molecule has 1 aromatic rings. The Hall–Kier alpha value is -2.11. The molecule has 23 heavy (non-hydrogen) atoms. The fraction of sp³-hybridized carbons (Fsp3) is 0.529. The molecule has 1 aliphatic rings. The van der Waals surface area contributed by atoms with Crippen LogP contribution in [0, 0.1) is 5.82 Å². The number of rotatable bonds is 4. The number of halogens is 1. The van der Waals surface area contributed by atoms with Crippen molar-refractivity contribution in [3.63, 3.8) is 0 Å². The summed E-state index contributed by atoms with van der Waals surface area (Å²) in [4.78, 5) is 23.1. The predicted octanol–water partition coefficient (Wildman–Crippen LogP) is 2.83. The van der Waals surface area contributed by atoms with Crippen LogP contribution in [-0.2, 0) is 28.8 Å². The van der Waals surface area contributed by atoms with E-state index in [1.165, 1.54) is 6.07 Å². The van der Waals surface area contributed by atoms with Crippen molar-refractivity contribution in [2.24, 2.45) is 0 Å². The summed E-state index contributed by atoms with van der Waals surface area (Å²) in [6, 6.07) is 1.95. The Labute approximate surface area is 134 Å². The van der Waals surface area contributed by atoms with Crippen molar-refractivity contribution in [2.45, 2.75) is 58.1 Å². The van der Waals surface area contributed by atoms with Gasteiger partial charge in [0.1, 0.15) is 17.5 Å². The van der Waals surface area contributed by atoms with Gasteiger partial charge in [0.25, 0.3) is 0 Å². The zero-order chi connectivity index (χ0) is 17.2. The molecule has 1 aliphatic carbocycles. The van der Waals surface area contributed by atoms with Gasteiger partial charge in [0, 0.05) is 6.42 Å². The SMILES string of the molecule is CC(C)(C)OC(=O)N[C@@H](Cc1cc2c(cc1F)CCC2)C(=O)O. The fourth-order valence-electron chi connectivity index (χ4n) is 2.67. The summed E-state index contributed by atoms with van der Waals surface area (Å²) < 4.78 is 19.2. The molecule has 0 fully saturated rings. The van der Waals surface area contributed by atoms with Crippen LogP contribution in [0.2, 0.25) is 0 Å². The summed E-state index contributed by atoms with van der Waals surface area (Å²) in [6.45, 7) is 5.05. The average molecular weight is 323 g/mol. The smallest absolute Gasteiger partial charge is 0.408 e. The number of benzene rings is 1. The summed E-state index contributed by atoms with van der Waals surface area (Å²) in [6.07, 6.45) is 1.77. The van der Waals surface area contributed by atoms with Crippen LogP contribution in [0.3, 0.4) is 0 Å². The fourth-order valence-corrected chi connectivity index (χ4v) is 2.67. The topological polar surface area (TPSA) is 75.6 Å². The number of hydrogen-bond donors (Lipinski definition) is 2. The van der Waals surface area contributed by atoms with Crippen LogP contribution in [0.1, 0.15) is 43.9 Å². The van der Waals surface area contributed by atoms with Crippen LogP contribution in [0.15, 0.2) is 12.1 Å². The number of amides is 1. The maximum Gasteiger partial charge on any atom is 0.408 e. The quantitative estimate of drug-likeness (QED) is 0.893. The second kappa shape index (κ2) is 6.56. The second-order valence-electron chi connectivity index (χ2n) is 6.81. The molecule has 1 amide bonds. The Balaban J connectivity index is 2.11. The Bertz CT molecular complexity index is 622. The Morgan fingerprint density at radius 1 is 1.30 bits per heavy atom. The first-order valence-corrected chi connectivity index (χ1v) is 7.68. The molecule has 2 rings (SSSR count). The highest BCUT2D eigenvalue weighted by Gasteiger charge is 2.26. The summed E-state index contributed by atoms with van der Waals surface area (Å²) in [7, 11) is 0. The number of fused-ring (bicyclic) bond motifs is 1. The molecule has 126 valence electrons. The van der Waals surface area contributed by atoms with Crippen LogP contribution in [0.25, 0.3) is 0 Å². The first kappa shape index (κ1) is 17.2. The highest BCUT2D eigenvalue weighted by Crippen LogP contribution is 2.25. The van der Waals surface area contributed by atoms with E-state index in [1.807, 2.05) is 0 Å². The van der Waals surface area contributed by atoms with E-state index < -0.39 is 29.5 Å². The van der Waals surface area contributed by atoms with Gasteiger partial charge in [-0.1, -0.05) is 6.07 Å². The lowest BCUT2D eigenvalue weighted by atomic mass is 10.00. The molecular weight excluding hydrogens is 301 g/mol. The Morgan fingerprint density at radius 3 is 2.48 bits per heavy atom. The van der Waals surface area contributed by atoms with E-state index in [1.54, 1.807) is 26.8 Å². The van der Waals surface area contributed by atoms with Gasteiger partial charge in [-0.05, 0) is 62.8 Å². The van der Waals surface area contributed by atoms with Crippen LogP contribution >= 0.6 is 0 Å². The van der Waals surface area contributed by atoms with E-state index in [0.29, 0.717) is 5.56 Å². The molecule has 0 unspecified atom stereocenters. The number of carboxylic acids is 1. The van der Waals surface area contributed by atoms with E-state index in [2.05, 4.69) is 5.32 Å². The van der Waals surface area contributed by atoms with Gasteiger partial charge in [-0.25, -0.2) is 14.0 Å². The minimum Gasteiger partial charge on any atom is -0.480 e. The van der Waals surface area contributed by atoms with Gasteiger partial charge in [0.15, 0.2) is 0 Å². The molecule has 0 aromatic heterocycles. The van der Waals surface area contributed by atoms with Crippen molar-refractivity contribution in [1.29, 1.82) is 0 Å². The van der Waals surface area contributed by atoms with Gasteiger partial charge in [-0.3, -0.25) is 0 Å². The number of hydrogen-bond acceptors (Lipinski definition) is 3. The Kier molecular flexibility index (Phi) is 4.92. The minimum absolute atomic E-state index is 0.117. The molecule has 0 radical (unpaired) electrons. The van der Waals surface area contributed by atoms with Crippen molar-refractivity contribution in [3.05, 3.63) is 34.6 Å². The molecule has 2 N–H and O–H groups in total. The first-order chi connectivity index (χ1) is 10.7. The van der Waals surface area contributed by atoms with Crippen molar-refractivity contribution >= 4 is 12.1 Å². The normalized spacial score (nSPS) is 15.0. The van der Waals surface area contributed by atoms with Gasteiger partial charge >= 0.3 is 12.1 Å². The van der Waals surface area contributed by atoms with Gasteiger partial charge in [-0.15, -0.1) is 0 Å². The third kappa shape index (κ3) is 4.68. The van der Waals surface area contributed by atoms with Gasteiger partial charge in [0.2, 0.25) is 0 Å². The lowest BCUT2D eigenvalue weighted by Gasteiger charge is -2.22. The molecule has 0 aliphatic heterocycles. The third-order valence-electron chi connectivity index (χ3n) is 3.67. The highest BCUT2D eigenvalue weighted by molar-refractivity contribution is 5.80. The number of carbonyl (C=O) groups excluding carboxylic acids is 1. The lowest BCUT2D eigenvalue weighted by molar-refractivity contribution is -0.139. The number of aliphatic carboxylic acids is 1. The summed E-state index contributed by atoms with van der Waals surface area (Å²) in [5, 5.41) is 11.6. The molecule has 0 heterocycles. The number of ether oxygens (including phenoxy) is 1. The molecule has 0 bridgehead atoms. The molecule has 0 saturated carbocycles. The van der Waals surface area contributed by atoms with Crippen molar-refractivity contribution in [3.8, 4) is 0 Å². The number of carbonyl (C=O) groups is 2. The zero-order valence-electron chi connectivity index (χ0n) is 13.6. The van der Waals surface area contributed by atoms with Crippen molar-refractivity contribution in [1.82, 2.24) is 5.32 Å². The lowest BCUT2D eigenvalue weighted by Crippen LogP contribution is -2.44. The average Bonchev–Trinajstić information content (AvgIpc) is 2.82. The highest BCUT2D eigenvalue weighted by atomic mass is 19.1. The molecule has 0 saturated heterocycles. The minimum atomic E-state index is -1.24. The van der Waals surface area contributed by atoms with E-state index in [0.717, 1.165) is 30.4 Å².